The molecule has 3 rings (SSSR count). The summed E-state index contributed by atoms with van der Waals surface area (Å²) in [6, 6.07) is 8.30. The smallest absolute Gasteiger partial charge is 0.261 e. The fourth-order valence-electron chi connectivity index (χ4n) is 2.98. The van der Waals surface area contributed by atoms with Crippen molar-refractivity contribution in [2.75, 3.05) is 13.1 Å². The zero-order valence-electron chi connectivity index (χ0n) is 13.0. The zero-order valence-corrected chi connectivity index (χ0v) is 14.6. The maximum absolute atomic E-state index is 12.2. The van der Waals surface area contributed by atoms with Crippen LogP contribution in [0.2, 0.25) is 4.34 Å². The highest BCUT2D eigenvalue weighted by Gasteiger charge is 2.25. The van der Waals surface area contributed by atoms with Gasteiger partial charge in [-0.05, 0) is 49.6 Å². The standard InChI is InChI=1S/C17H20ClN3OS/c1-12(13-4-8-19-9-5-13)21-10-6-14(7-11-21)20-17(22)15-2-3-16(18)23-15/h2-5,8-9,12,14H,6-7,10-11H2,1H3,(H,20,22)/t12-/m0/s1. The molecular formula is C17H20ClN3OS. The number of thiophene rings is 1. The first-order valence-corrected chi connectivity index (χ1v) is 9.03. The topological polar surface area (TPSA) is 45.2 Å². The average molecular weight is 350 g/mol. The second-order valence-corrected chi connectivity index (χ2v) is 7.56. The van der Waals surface area contributed by atoms with Gasteiger partial charge in [0.05, 0.1) is 9.21 Å². The average Bonchev–Trinajstić information content (AvgIpc) is 3.02. The van der Waals surface area contributed by atoms with Crippen molar-refractivity contribution in [2.24, 2.45) is 0 Å². The lowest BCUT2D eigenvalue weighted by Crippen LogP contribution is -2.45. The molecule has 0 saturated carbocycles. The van der Waals surface area contributed by atoms with Gasteiger partial charge in [-0.25, -0.2) is 0 Å². The second kappa shape index (κ2) is 7.43. The van der Waals surface area contributed by atoms with Crippen molar-refractivity contribution in [1.29, 1.82) is 0 Å². The fraction of sp³-hybridized carbons (Fsp3) is 0.412. The van der Waals surface area contributed by atoms with Gasteiger partial charge in [0.2, 0.25) is 0 Å². The maximum Gasteiger partial charge on any atom is 0.261 e. The van der Waals surface area contributed by atoms with Crippen molar-refractivity contribution in [2.45, 2.75) is 31.8 Å². The van der Waals surface area contributed by atoms with Crippen LogP contribution in [0.4, 0.5) is 0 Å². The van der Waals surface area contributed by atoms with Crippen molar-refractivity contribution in [3.8, 4) is 0 Å². The molecule has 1 amide bonds. The van der Waals surface area contributed by atoms with Crippen molar-refractivity contribution >= 4 is 28.8 Å². The molecule has 1 fully saturated rings. The molecule has 0 aliphatic carbocycles. The van der Waals surface area contributed by atoms with Crippen molar-refractivity contribution in [3.05, 3.63) is 51.4 Å². The van der Waals surface area contributed by atoms with Gasteiger partial charge in [0, 0.05) is 37.6 Å². The number of likely N-dealkylation sites (tertiary alicyclic amines) is 1. The van der Waals surface area contributed by atoms with Gasteiger partial charge >= 0.3 is 0 Å². The molecule has 1 aliphatic rings. The van der Waals surface area contributed by atoms with Gasteiger partial charge in [0.25, 0.3) is 5.91 Å². The molecule has 23 heavy (non-hydrogen) atoms. The molecule has 1 N–H and O–H groups in total. The summed E-state index contributed by atoms with van der Waals surface area (Å²) in [6.45, 7) is 4.20. The van der Waals surface area contributed by atoms with Gasteiger partial charge in [-0.15, -0.1) is 11.3 Å². The van der Waals surface area contributed by atoms with Crippen molar-refractivity contribution < 1.29 is 4.79 Å². The summed E-state index contributed by atoms with van der Waals surface area (Å²) in [5, 5.41) is 3.12. The van der Waals surface area contributed by atoms with E-state index in [1.54, 1.807) is 12.1 Å². The number of piperidine rings is 1. The maximum atomic E-state index is 12.2. The first-order valence-electron chi connectivity index (χ1n) is 7.83. The molecule has 3 heterocycles. The Morgan fingerprint density at radius 1 is 1.30 bits per heavy atom. The highest BCUT2D eigenvalue weighted by atomic mass is 35.5. The van der Waals surface area contributed by atoms with E-state index in [2.05, 4.69) is 34.3 Å². The number of amides is 1. The van der Waals surface area contributed by atoms with E-state index in [9.17, 15) is 4.79 Å². The normalized spacial score (nSPS) is 17.8. The summed E-state index contributed by atoms with van der Waals surface area (Å²) in [5.74, 6) is -0.0115. The molecule has 1 saturated heterocycles. The molecule has 2 aromatic rings. The number of carbonyl (C=O) groups excluding carboxylic acids is 1. The minimum atomic E-state index is -0.0115. The third kappa shape index (κ3) is 4.10. The lowest BCUT2D eigenvalue weighted by Gasteiger charge is -2.36. The lowest BCUT2D eigenvalue weighted by atomic mass is 10.0. The number of hydrogen-bond acceptors (Lipinski definition) is 4. The SMILES string of the molecule is C[C@@H](c1ccncc1)N1CCC(NC(=O)c2ccc(Cl)s2)CC1. The van der Waals surface area contributed by atoms with Gasteiger partial charge in [-0.3, -0.25) is 14.7 Å². The lowest BCUT2D eigenvalue weighted by molar-refractivity contribution is 0.0900. The number of hydrogen-bond donors (Lipinski definition) is 1. The van der Waals surface area contributed by atoms with Crippen molar-refractivity contribution in [3.63, 3.8) is 0 Å². The highest BCUT2D eigenvalue weighted by Crippen LogP contribution is 2.25. The van der Waals surface area contributed by atoms with Crippen LogP contribution in [-0.4, -0.2) is 34.9 Å². The summed E-state index contributed by atoms with van der Waals surface area (Å²) >= 11 is 7.21. The van der Waals surface area contributed by atoms with Gasteiger partial charge in [0.15, 0.2) is 0 Å². The number of nitrogens with zero attached hydrogens (tertiary/aromatic N) is 2. The summed E-state index contributed by atoms with van der Waals surface area (Å²) in [7, 11) is 0. The van der Waals surface area contributed by atoms with E-state index >= 15 is 0 Å². The van der Waals surface area contributed by atoms with Crippen LogP contribution in [0.15, 0.2) is 36.7 Å². The molecule has 2 aromatic heterocycles. The molecule has 1 aliphatic heterocycles. The zero-order chi connectivity index (χ0) is 16.2. The number of aromatic nitrogens is 1. The van der Waals surface area contributed by atoms with Crippen LogP contribution < -0.4 is 5.32 Å². The second-order valence-electron chi connectivity index (χ2n) is 5.84. The minimum Gasteiger partial charge on any atom is -0.349 e. The molecule has 6 heteroatoms. The van der Waals surface area contributed by atoms with Crippen LogP contribution >= 0.6 is 22.9 Å². The molecule has 0 aromatic carbocycles. The highest BCUT2D eigenvalue weighted by molar-refractivity contribution is 7.17. The van der Waals surface area contributed by atoms with E-state index in [-0.39, 0.29) is 11.9 Å². The van der Waals surface area contributed by atoms with Crippen LogP contribution in [0.25, 0.3) is 0 Å². The Bertz CT molecular complexity index is 653. The quantitative estimate of drug-likeness (QED) is 0.914. The predicted molar refractivity (Wildman–Crippen MR) is 94.0 cm³/mol. The Kier molecular flexibility index (Phi) is 5.30. The third-order valence-electron chi connectivity index (χ3n) is 4.40. The number of rotatable bonds is 4. The van der Waals surface area contributed by atoms with Crippen molar-refractivity contribution in [1.82, 2.24) is 15.2 Å². The Labute approximate surface area is 145 Å². The number of nitrogens with one attached hydrogen (secondary N) is 1. The molecule has 0 radical (unpaired) electrons. The third-order valence-corrected chi connectivity index (χ3v) is 5.63. The van der Waals surface area contributed by atoms with Gasteiger partial charge in [-0.2, -0.15) is 0 Å². The molecule has 1 atom stereocenters. The fourth-order valence-corrected chi connectivity index (χ4v) is 3.92. The first-order chi connectivity index (χ1) is 11.1. The minimum absolute atomic E-state index is 0.0115. The summed E-state index contributed by atoms with van der Waals surface area (Å²) in [5.41, 5.74) is 1.29. The summed E-state index contributed by atoms with van der Waals surface area (Å²) < 4.78 is 0.649. The van der Waals surface area contributed by atoms with E-state index in [4.69, 9.17) is 11.6 Å². The molecule has 122 valence electrons. The molecule has 4 nitrogen and oxygen atoms in total. The predicted octanol–water partition coefficient (Wildman–Crippen LogP) is 3.75. The first kappa shape index (κ1) is 16.4. The van der Waals surface area contributed by atoms with Crippen LogP contribution in [-0.2, 0) is 0 Å². The molecular weight excluding hydrogens is 330 g/mol. The van der Waals surface area contributed by atoms with Crippen LogP contribution in [0.1, 0.15) is 41.0 Å². The number of carbonyl (C=O) groups is 1. The molecule has 0 bridgehead atoms. The number of pyridine rings is 1. The van der Waals surface area contributed by atoms with Gasteiger partial charge in [-0.1, -0.05) is 11.6 Å². The Morgan fingerprint density at radius 3 is 2.61 bits per heavy atom. The van der Waals surface area contributed by atoms with Gasteiger partial charge < -0.3 is 5.32 Å². The largest absolute Gasteiger partial charge is 0.349 e. The van der Waals surface area contributed by atoms with Gasteiger partial charge in [0.1, 0.15) is 0 Å². The Morgan fingerprint density at radius 2 is 2.00 bits per heavy atom. The van der Waals surface area contributed by atoms with Crippen LogP contribution in [0.3, 0.4) is 0 Å². The molecule has 0 spiro atoms. The summed E-state index contributed by atoms with van der Waals surface area (Å²) in [4.78, 5) is 19.4. The van der Waals surface area contributed by atoms with E-state index in [1.165, 1.54) is 16.9 Å². The molecule has 0 unspecified atom stereocenters. The van der Waals surface area contributed by atoms with E-state index in [0.717, 1.165) is 25.9 Å². The summed E-state index contributed by atoms with van der Waals surface area (Å²) in [6.07, 6.45) is 5.62. The van der Waals surface area contributed by atoms with Crippen LogP contribution in [0, 0.1) is 0 Å². The van der Waals surface area contributed by atoms with Crippen LogP contribution in [0.5, 0.6) is 0 Å². The number of halogens is 1. The van der Waals surface area contributed by atoms with E-state index in [0.29, 0.717) is 15.3 Å². The Hall–Kier alpha value is -1.43. The van der Waals surface area contributed by atoms with E-state index < -0.39 is 0 Å². The van der Waals surface area contributed by atoms with E-state index in [1.807, 2.05) is 12.4 Å². The monoisotopic (exact) mass is 349 g/mol. The Balaban J connectivity index is 1.51.